The molecule has 0 N–H and O–H groups in total. The van der Waals surface area contributed by atoms with Crippen LogP contribution < -0.4 is 0 Å². The molecule has 0 amide bonds. The van der Waals surface area contributed by atoms with Gasteiger partial charge in [0.1, 0.15) is 28.8 Å². The molecule has 1 fully saturated rings. The zero-order valence-electron chi connectivity index (χ0n) is 17.5. The normalized spacial score (nSPS) is 15.4. The van der Waals surface area contributed by atoms with Crippen molar-refractivity contribution in [3.05, 3.63) is 48.3 Å². The summed E-state index contributed by atoms with van der Waals surface area (Å²) < 4.78 is 18.5. The van der Waals surface area contributed by atoms with Crippen LogP contribution in [0.25, 0.3) is 33.5 Å². The van der Waals surface area contributed by atoms with Crippen molar-refractivity contribution >= 4 is 11.2 Å². The van der Waals surface area contributed by atoms with Gasteiger partial charge >= 0.3 is 0 Å². The van der Waals surface area contributed by atoms with Gasteiger partial charge in [-0.2, -0.15) is 10.4 Å². The lowest BCUT2D eigenvalue weighted by molar-refractivity contribution is 0.139. The van der Waals surface area contributed by atoms with E-state index in [-0.39, 0.29) is 6.54 Å². The fourth-order valence-electron chi connectivity index (χ4n) is 4.34. The lowest BCUT2D eigenvalue weighted by Crippen LogP contribution is -2.25. The summed E-state index contributed by atoms with van der Waals surface area (Å²) in [4.78, 5) is 13.7. The third-order valence-corrected chi connectivity index (χ3v) is 6.11. The molecular weight excluding hydrogens is 393 g/mol. The number of aryl methyl sites for hydroxylation is 2. The molecule has 0 spiro atoms. The molecule has 0 unspecified atom stereocenters. The Kier molecular flexibility index (Phi) is 4.54. The molecule has 0 aliphatic heterocycles. The number of pyridine rings is 2. The molecule has 5 rings (SSSR count). The van der Waals surface area contributed by atoms with Crippen molar-refractivity contribution in [2.75, 3.05) is 0 Å². The molecule has 0 radical (unpaired) electrons. The van der Waals surface area contributed by atoms with Gasteiger partial charge in [-0.15, -0.1) is 0 Å². The first kappa shape index (κ1) is 19.4. The van der Waals surface area contributed by atoms with Gasteiger partial charge in [0.05, 0.1) is 18.4 Å². The summed E-state index contributed by atoms with van der Waals surface area (Å²) in [6, 6.07) is 7.57. The Labute approximate surface area is 179 Å². The summed E-state index contributed by atoms with van der Waals surface area (Å²) in [5.74, 6) is 0.868. The molecule has 0 aromatic carbocycles. The van der Waals surface area contributed by atoms with Crippen molar-refractivity contribution in [3.63, 3.8) is 0 Å². The molecule has 1 saturated carbocycles. The van der Waals surface area contributed by atoms with E-state index in [1.807, 2.05) is 36.9 Å². The van der Waals surface area contributed by atoms with Gasteiger partial charge in [-0.25, -0.2) is 19.3 Å². The lowest BCUT2D eigenvalue weighted by atomic mass is 10.0. The number of fused-ring (bicyclic) bond motifs is 1. The third kappa shape index (κ3) is 3.46. The van der Waals surface area contributed by atoms with Gasteiger partial charge in [-0.1, -0.05) is 12.8 Å². The van der Waals surface area contributed by atoms with E-state index in [2.05, 4.69) is 26.1 Å². The molecule has 31 heavy (non-hydrogen) atoms. The smallest absolute Gasteiger partial charge is 0.159 e. The van der Waals surface area contributed by atoms with Gasteiger partial charge in [-0.05, 0) is 38.0 Å². The molecule has 0 saturated heterocycles. The van der Waals surface area contributed by atoms with Crippen LogP contribution in [0.5, 0.6) is 0 Å². The number of imidazole rings is 1. The highest BCUT2D eigenvalue weighted by Gasteiger charge is 2.34. The second-order valence-corrected chi connectivity index (χ2v) is 8.27. The van der Waals surface area contributed by atoms with Crippen LogP contribution in [0, 0.1) is 18.3 Å². The lowest BCUT2D eigenvalue weighted by Gasteiger charge is -2.18. The van der Waals surface area contributed by atoms with Crippen molar-refractivity contribution < 1.29 is 4.39 Å². The highest BCUT2D eigenvalue weighted by molar-refractivity contribution is 5.84. The summed E-state index contributed by atoms with van der Waals surface area (Å²) in [5, 5.41) is 13.8. The van der Waals surface area contributed by atoms with Gasteiger partial charge in [0.2, 0.25) is 0 Å². The van der Waals surface area contributed by atoms with Crippen molar-refractivity contribution in [1.82, 2.24) is 29.3 Å². The number of aromatic nitrogens is 6. The van der Waals surface area contributed by atoms with Crippen molar-refractivity contribution in [2.45, 2.75) is 44.8 Å². The maximum absolute atomic E-state index is 14.9. The standard InChI is InChI=1S/C23H22FN7/c1-15-28-20-9-16(11-26-22(20)30(15)2)21-19(6-5-18(10-25)29-21)17-12-27-31(13-17)14-23(24)7-3-4-8-23/h5-6,9,11-13H,3-4,7-8,14H2,1-2H3. The average Bonchev–Trinajstić information content (AvgIpc) is 3.48. The first-order valence-corrected chi connectivity index (χ1v) is 10.4. The number of alkyl halides is 1. The number of halogens is 1. The minimum absolute atomic E-state index is 0.257. The quantitative estimate of drug-likeness (QED) is 0.494. The number of rotatable bonds is 4. The maximum Gasteiger partial charge on any atom is 0.159 e. The molecular formula is C23H22FN7. The summed E-state index contributed by atoms with van der Waals surface area (Å²) in [5.41, 5.74) is 3.73. The van der Waals surface area contributed by atoms with Crippen LogP contribution in [0.2, 0.25) is 0 Å². The van der Waals surface area contributed by atoms with Gasteiger partial charge in [0, 0.05) is 36.1 Å². The number of nitrogens with zero attached hydrogens (tertiary/aromatic N) is 7. The predicted molar refractivity (Wildman–Crippen MR) is 115 cm³/mol. The Morgan fingerprint density at radius 2 is 1.97 bits per heavy atom. The van der Waals surface area contributed by atoms with Crippen molar-refractivity contribution in [3.8, 4) is 28.5 Å². The molecule has 0 atom stereocenters. The van der Waals surface area contributed by atoms with Gasteiger partial charge in [0.25, 0.3) is 0 Å². The Morgan fingerprint density at radius 1 is 1.16 bits per heavy atom. The molecule has 1 aliphatic carbocycles. The second kappa shape index (κ2) is 7.27. The van der Waals surface area contributed by atoms with Crippen LogP contribution in [0.15, 0.2) is 36.8 Å². The third-order valence-electron chi connectivity index (χ3n) is 6.11. The summed E-state index contributed by atoms with van der Waals surface area (Å²) >= 11 is 0. The zero-order valence-corrected chi connectivity index (χ0v) is 17.5. The highest BCUT2D eigenvalue weighted by atomic mass is 19.1. The number of hydrogen-bond acceptors (Lipinski definition) is 5. The molecule has 8 heteroatoms. The van der Waals surface area contributed by atoms with Gasteiger partial charge in [-0.3, -0.25) is 4.68 Å². The van der Waals surface area contributed by atoms with E-state index in [1.54, 1.807) is 23.1 Å². The van der Waals surface area contributed by atoms with E-state index in [1.165, 1.54) is 0 Å². The predicted octanol–water partition coefficient (Wildman–Crippen LogP) is 4.36. The molecule has 1 aliphatic rings. The van der Waals surface area contributed by atoms with Gasteiger partial charge < -0.3 is 4.57 Å². The number of nitriles is 1. The Morgan fingerprint density at radius 3 is 2.74 bits per heavy atom. The summed E-state index contributed by atoms with van der Waals surface area (Å²) in [6.45, 7) is 2.19. The fourth-order valence-corrected chi connectivity index (χ4v) is 4.34. The Hall–Kier alpha value is -3.60. The maximum atomic E-state index is 14.9. The minimum Gasteiger partial charge on any atom is -0.316 e. The monoisotopic (exact) mass is 415 g/mol. The van der Waals surface area contributed by atoms with Gasteiger partial charge in [0.15, 0.2) is 5.65 Å². The fraction of sp³-hybridized carbons (Fsp3) is 0.348. The number of hydrogen-bond donors (Lipinski definition) is 0. The zero-order chi connectivity index (χ0) is 21.6. The summed E-state index contributed by atoms with van der Waals surface area (Å²) in [6.07, 6.45) is 8.34. The largest absolute Gasteiger partial charge is 0.316 e. The first-order valence-electron chi connectivity index (χ1n) is 10.4. The van der Waals surface area contributed by atoms with E-state index in [0.717, 1.165) is 46.5 Å². The summed E-state index contributed by atoms with van der Waals surface area (Å²) in [7, 11) is 1.92. The molecule has 4 aromatic rings. The second-order valence-electron chi connectivity index (χ2n) is 8.27. The van der Waals surface area contributed by atoms with Crippen molar-refractivity contribution in [1.29, 1.82) is 5.26 Å². The molecule has 4 aromatic heterocycles. The van der Waals surface area contributed by atoms with Crippen molar-refractivity contribution in [2.24, 2.45) is 7.05 Å². The molecule has 0 bridgehead atoms. The minimum atomic E-state index is -1.18. The Balaban J connectivity index is 1.57. The van der Waals surface area contributed by atoms with E-state index in [0.29, 0.717) is 24.2 Å². The molecule has 4 heterocycles. The van der Waals surface area contributed by atoms with Crippen LogP contribution in [0.3, 0.4) is 0 Å². The van der Waals surface area contributed by atoms with Crippen LogP contribution in [0.4, 0.5) is 4.39 Å². The van der Waals surface area contributed by atoms with E-state index in [4.69, 9.17) is 0 Å². The average molecular weight is 415 g/mol. The SMILES string of the molecule is Cc1nc2cc(-c3nc(C#N)ccc3-c3cnn(CC4(F)CCCC4)c3)cnc2n1C. The van der Waals surface area contributed by atoms with Crippen LogP contribution in [0.1, 0.15) is 37.2 Å². The van der Waals surface area contributed by atoms with Crippen LogP contribution in [-0.4, -0.2) is 35.0 Å². The highest BCUT2D eigenvalue weighted by Crippen LogP contribution is 2.36. The Bertz CT molecular complexity index is 1320. The van der Waals surface area contributed by atoms with Crippen LogP contribution in [-0.2, 0) is 13.6 Å². The van der Waals surface area contributed by atoms with E-state index < -0.39 is 5.67 Å². The van der Waals surface area contributed by atoms with E-state index in [9.17, 15) is 9.65 Å². The van der Waals surface area contributed by atoms with E-state index >= 15 is 0 Å². The first-order chi connectivity index (χ1) is 15.0. The molecule has 7 nitrogen and oxygen atoms in total. The molecule has 156 valence electrons. The van der Waals surface area contributed by atoms with Crippen LogP contribution >= 0.6 is 0 Å². The topological polar surface area (TPSA) is 85.2 Å².